The third-order valence-electron chi connectivity index (χ3n) is 3.93. The maximum absolute atomic E-state index is 10.1. The van der Waals surface area contributed by atoms with Gasteiger partial charge < -0.3 is 15.2 Å². The van der Waals surface area contributed by atoms with Gasteiger partial charge in [0.2, 0.25) is 0 Å². The van der Waals surface area contributed by atoms with Gasteiger partial charge in [0.25, 0.3) is 0 Å². The lowest BCUT2D eigenvalue weighted by Gasteiger charge is -2.19. The lowest BCUT2D eigenvalue weighted by Crippen LogP contribution is -2.33. The van der Waals surface area contributed by atoms with Crippen molar-refractivity contribution in [2.24, 2.45) is 0 Å². The Bertz CT molecular complexity index is 583. The molecule has 0 aliphatic heterocycles. The molecule has 23 heavy (non-hydrogen) atoms. The van der Waals surface area contributed by atoms with Crippen LogP contribution in [0.15, 0.2) is 54.6 Å². The van der Waals surface area contributed by atoms with E-state index in [-0.39, 0.29) is 12.6 Å². The SMILES string of the molecule is CC(C)c1ccccc1OCC(O)CNC(C)c1ccccc1. The zero-order chi connectivity index (χ0) is 16.7. The van der Waals surface area contributed by atoms with Gasteiger partial charge >= 0.3 is 0 Å². The minimum absolute atomic E-state index is 0.203. The molecule has 2 unspecified atom stereocenters. The molecule has 2 aromatic rings. The summed E-state index contributed by atoms with van der Waals surface area (Å²) in [6.45, 7) is 7.17. The van der Waals surface area contributed by atoms with E-state index in [4.69, 9.17) is 4.74 Å². The number of para-hydroxylation sites is 1. The zero-order valence-electron chi connectivity index (χ0n) is 14.2. The fourth-order valence-electron chi connectivity index (χ4n) is 2.51. The minimum Gasteiger partial charge on any atom is -0.491 e. The van der Waals surface area contributed by atoms with E-state index in [9.17, 15) is 5.11 Å². The molecule has 0 spiro atoms. The predicted octanol–water partition coefficient (Wildman–Crippen LogP) is 3.90. The van der Waals surface area contributed by atoms with Crippen molar-refractivity contribution in [1.82, 2.24) is 5.32 Å². The second kappa shape index (κ2) is 8.70. The summed E-state index contributed by atoms with van der Waals surface area (Å²) in [6.07, 6.45) is -0.540. The Labute approximate surface area is 139 Å². The molecule has 0 heterocycles. The average Bonchev–Trinajstić information content (AvgIpc) is 2.58. The van der Waals surface area contributed by atoms with Crippen LogP contribution in [0.2, 0.25) is 0 Å². The van der Waals surface area contributed by atoms with Crippen LogP contribution >= 0.6 is 0 Å². The number of aliphatic hydroxyl groups is 1. The fraction of sp³-hybridized carbons (Fsp3) is 0.400. The first-order valence-corrected chi connectivity index (χ1v) is 8.26. The Morgan fingerprint density at radius 3 is 2.30 bits per heavy atom. The average molecular weight is 313 g/mol. The van der Waals surface area contributed by atoms with Gasteiger partial charge in [0, 0.05) is 12.6 Å². The van der Waals surface area contributed by atoms with Crippen molar-refractivity contribution in [2.75, 3.05) is 13.2 Å². The standard InChI is InChI=1S/C20H27NO2/c1-15(2)19-11-7-8-12-20(19)23-14-18(22)13-21-16(3)17-9-5-4-6-10-17/h4-12,15-16,18,21-22H,13-14H2,1-3H3. The van der Waals surface area contributed by atoms with E-state index in [1.54, 1.807) is 0 Å². The first kappa shape index (κ1) is 17.5. The van der Waals surface area contributed by atoms with Crippen LogP contribution in [0.1, 0.15) is 43.9 Å². The van der Waals surface area contributed by atoms with Crippen molar-refractivity contribution in [2.45, 2.75) is 38.8 Å². The highest BCUT2D eigenvalue weighted by Crippen LogP contribution is 2.25. The summed E-state index contributed by atoms with van der Waals surface area (Å²) in [4.78, 5) is 0. The molecule has 0 amide bonds. The van der Waals surface area contributed by atoms with E-state index in [0.29, 0.717) is 12.5 Å². The normalized spacial score (nSPS) is 13.8. The molecule has 2 N–H and O–H groups in total. The molecule has 0 saturated heterocycles. The zero-order valence-corrected chi connectivity index (χ0v) is 14.2. The molecule has 0 aromatic heterocycles. The third-order valence-corrected chi connectivity index (χ3v) is 3.93. The number of rotatable bonds is 8. The quantitative estimate of drug-likeness (QED) is 0.776. The van der Waals surface area contributed by atoms with Gasteiger partial charge in [-0.05, 0) is 30.0 Å². The number of aliphatic hydroxyl groups excluding tert-OH is 1. The summed E-state index contributed by atoms with van der Waals surface area (Å²) >= 11 is 0. The molecular weight excluding hydrogens is 286 g/mol. The summed E-state index contributed by atoms with van der Waals surface area (Å²) in [5, 5.41) is 13.5. The predicted molar refractivity (Wildman–Crippen MR) is 94.9 cm³/mol. The molecule has 2 rings (SSSR count). The molecule has 0 radical (unpaired) electrons. The maximum atomic E-state index is 10.1. The van der Waals surface area contributed by atoms with Crippen molar-refractivity contribution in [3.8, 4) is 5.75 Å². The highest BCUT2D eigenvalue weighted by Gasteiger charge is 2.11. The molecule has 0 aliphatic rings. The first-order chi connectivity index (χ1) is 11.1. The van der Waals surface area contributed by atoms with Gasteiger partial charge in [-0.15, -0.1) is 0 Å². The molecule has 0 aliphatic carbocycles. The van der Waals surface area contributed by atoms with Crippen molar-refractivity contribution in [3.63, 3.8) is 0 Å². The topological polar surface area (TPSA) is 41.5 Å². The number of hydrogen-bond donors (Lipinski definition) is 2. The van der Waals surface area contributed by atoms with E-state index < -0.39 is 6.10 Å². The summed E-state index contributed by atoms with van der Waals surface area (Å²) in [7, 11) is 0. The van der Waals surface area contributed by atoms with Crippen LogP contribution in [0.25, 0.3) is 0 Å². The van der Waals surface area contributed by atoms with Gasteiger partial charge in [-0.1, -0.05) is 62.4 Å². The number of nitrogens with one attached hydrogen (secondary N) is 1. The van der Waals surface area contributed by atoms with Gasteiger partial charge in [-0.2, -0.15) is 0 Å². The second-order valence-corrected chi connectivity index (χ2v) is 6.20. The molecule has 3 nitrogen and oxygen atoms in total. The van der Waals surface area contributed by atoms with Crippen LogP contribution in [0, 0.1) is 0 Å². The van der Waals surface area contributed by atoms with Gasteiger partial charge in [-0.3, -0.25) is 0 Å². The maximum Gasteiger partial charge on any atom is 0.122 e. The minimum atomic E-state index is -0.540. The molecule has 3 heteroatoms. The Morgan fingerprint density at radius 1 is 0.957 bits per heavy atom. The van der Waals surface area contributed by atoms with Crippen molar-refractivity contribution in [3.05, 3.63) is 65.7 Å². The number of hydrogen-bond acceptors (Lipinski definition) is 3. The van der Waals surface area contributed by atoms with Crippen LogP contribution in [0.3, 0.4) is 0 Å². The highest BCUT2D eigenvalue weighted by atomic mass is 16.5. The summed E-state index contributed by atoms with van der Waals surface area (Å²) in [5.41, 5.74) is 2.39. The summed E-state index contributed by atoms with van der Waals surface area (Å²) < 4.78 is 5.81. The van der Waals surface area contributed by atoms with Crippen molar-refractivity contribution >= 4 is 0 Å². The van der Waals surface area contributed by atoms with Crippen molar-refractivity contribution < 1.29 is 9.84 Å². The van der Waals surface area contributed by atoms with Crippen LogP contribution < -0.4 is 10.1 Å². The van der Waals surface area contributed by atoms with Crippen LogP contribution in [0.4, 0.5) is 0 Å². The van der Waals surface area contributed by atoms with E-state index in [0.717, 1.165) is 5.75 Å². The summed E-state index contributed by atoms with van der Waals surface area (Å²) in [5.74, 6) is 1.26. The molecule has 0 fully saturated rings. The van der Waals surface area contributed by atoms with Gasteiger partial charge in [0.05, 0.1) is 0 Å². The summed E-state index contributed by atoms with van der Waals surface area (Å²) in [6, 6.07) is 18.4. The molecule has 2 atom stereocenters. The smallest absolute Gasteiger partial charge is 0.122 e. The Hall–Kier alpha value is -1.84. The highest BCUT2D eigenvalue weighted by molar-refractivity contribution is 5.35. The van der Waals surface area contributed by atoms with Gasteiger partial charge in [-0.25, -0.2) is 0 Å². The molecular formula is C20H27NO2. The number of ether oxygens (including phenoxy) is 1. The van der Waals surface area contributed by atoms with E-state index in [1.807, 2.05) is 36.4 Å². The first-order valence-electron chi connectivity index (χ1n) is 8.26. The lowest BCUT2D eigenvalue weighted by atomic mass is 10.0. The Balaban J connectivity index is 1.81. The third kappa shape index (κ3) is 5.38. The number of benzene rings is 2. The second-order valence-electron chi connectivity index (χ2n) is 6.20. The van der Waals surface area contributed by atoms with E-state index in [2.05, 4.69) is 44.3 Å². The lowest BCUT2D eigenvalue weighted by molar-refractivity contribution is 0.103. The van der Waals surface area contributed by atoms with Crippen LogP contribution in [-0.2, 0) is 0 Å². The largest absolute Gasteiger partial charge is 0.491 e. The van der Waals surface area contributed by atoms with Crippen LogP contribution in [0.5, 0.6) is 5.75 Å². The fourth-order valence-corrected chi connectivity index (χ4v) is 2.51. The van der Waals surface area contributed by atoms with Gasteiger partial charge in [0.1, 0.15) is 18.5 Å². The van der Waals surface area contributed by atoms with Gasteiger partial charge in [0.15, 0.2) is 0 Å². The molecule has 124 valence electrons. The Kier molecular flexibility index (Phi) is 6.63. The van der Waals surface area contributed by atoms with E-state index >= 15 is 0 Å². The van der Waals surface area contributed by atoms with Crippen molar-refractivity contribution in [1.29, 1.82) is 0 Å². The molecule has 0 bridgehead atoms. The van der Waals surface area contributed by atoms with E-state index in [1.165, 1.54) is 11.1 Å². The van der Waals surface area contributed by atoms with Crippen LogP contribution in [-0.4, -0.2) is 24.4 Å². The molecule has 2 aromatic carbocycles. The Morgan fingerprint density at radius 2 is 1.61 bits per heavy atom. The monoisotopic (exact) mass is 313 g/mol. The molecule has 0 saturated carbocycles.